The molecule has 8 heteroatoms. The Morgan fingerprint density at radius 1 is 1.19 bits per heavy atom. The van der Waals surface area contributed by atoms with Crippen LogP contribution in [0.2, 0.25) is 0 Å². The summed E-state index contributed by atoms with van der Waals surface area (Å²) < 4.78 is 34.7. The summed E-state index contributed by atoms with van der Waals surface area (Å²) in [6.07, 6.45) is 2.56. The molecule has 172 valence electrons. The van der Waals surface area contributed by atoms with Crippen molar-refractivity contribution in [1.82, 2.24) is 4.90 Å². The molecule has 4 rings (SSSR count). The summed E-state index contributed by atoms with van der Waals surface area (Å²) in [5.41, 5.74) is 2.90. The summed E-state index contributed by atoms with van der Waals surface area (Å²) in [6, 6.07) is 3.44. The molecule has 1 atom stereocenters. The number of hydrogen-bond donors (Lipinski definition) is 0. The van der Waals surface area contributed by atoms with Crippen molar-refractivity contribution in [3.63, 3.8) is 0 Å². The summed E-state index contributed by atoms with van der Waals surface area (Å²) in [5.74, 6) is -0.0588. The zero-order valence-corrected chi connectivity index (χ0v) is 20.0. The lowest BCUT2D eigenvalue weighted by atomic mass is 9.86. The van der Waals surface area contributed by atoms with Crippen LogP contribution >= 0.6 is 0 Å². The third kappa shape index (κ3) is 4.08. The molecule has 0 bridgehead atoms. The van der Waals surface area contributed by atoms with Gasteiger partial charge in [0.1, 0.15) is 11.2 Å². The number of aryl methyl sites for hydroxylation is 1. The molecule has 0 aliphatic carbocycles. The highest BCUT2D eigenvalue weighted by Crippen LogP contribution is 2.35. The second-order valence-corrected chi connectivity index (χ2v) is 12.0. The summed E-state index contributed by atoms with van der Waals surface area (Å²) >= 11 is 0. The lowest BCUT2D eigenvalue weighted by Crippen LogP contribution is -2.38. The van der Waals surface area contributed by atoms with Gasteiger partial charge in [-0.15, -0.1) is 0 Å². The first kappa shape index (κ1) is 22.6. The van der Waals surface area contributed by atoms with Crippen LogP contribution in [0.4, 0.5) is 0 Å². The van der Waals surface area contributed by atoms with Crippen molar-refractivity contribution in [2.75, 3.05) is 18.6 Å². The maximum atomic E-state index is 12.7. The van der Waals surface area contributed by atoms with Gasteiger partial charge in [0.25, 0.3) is 0 Å². The van der Waals surface area contributed by atoms with Crippen LogP contribution in [0.5, 0.6) is 0 Å². The third-order valence-corrected chi connectivity index (χ3v) is 8.28. The molecule has 3 aromatic rings. The van der Waals surface area contributed by atoms with Gasteiger partial charge < -0.3 is 13.7 Å². The summed E-state index contributed by atoms with van der Waals surface area (Å²) in [4.78, 5) is 26.9. The molecule has 0 saturated carbocycles. The summed E-state index contributed by atoms with van der Waals surface area (Å²) in [7, 11) is -1.44. The van der Waals surface area contributed by atoms with E-state index in [1.54, 1.807) is 19.4 Å². The Morgan fingerprint density at radius 2 is 1.91 bits per heavy atom. The Morgan fingerprint density at radius 3 is 2.53 bits per heavy atom. The average molecular weight is 460 g/mol. The number of rotatable bonds is 4. The third-order valence-electron chi connectivity index (χ3n) is 6.53. The van der Waals surface area contributed by atoms with Crippen molar-refractivity contribution in [2.24, 2.45) is 0 Å². The smallest absolute Gasteiger partial charge is 0.339 e. The molecule has 1 aliphatic heterocycles. The lowest BCUT2D eigenvalue weighted by Gasteiger charge is -2.23. The van der Waals surface area contributed by atoms with Crippen molar-refractivity contribution in [2.45, 2.75) is 58.4 Å². The minimum Gasteiger partial charge on any atom is -0.464 e. The Bertz CT molecular complexity index is 1370. The lowest BCUT2D eigenvalue weighted by molar-refractivity contribution is -0.131. The average Bonchev–Trinajstić information content (AvgIpc) is 3.28. The molecule has 32 heavy (non-hydrogen) atoms. The molecule has 1 aromatic carbocycles. The van der Waals surface area contributed by atoms with Crippen molar-refractivity contribution >= 4 is 37.7 Å². The topological polar surface area (TPSA) is 97.8 Å². The van der Waals surface area contributed by atoms with E-state index >= 15 is 0 Å². The molecular weight excluding hydrogens is 430 g/mol. The van der Waals surface area contributed by atoms with E-state index in [4.69, 9.17) is 8.83 Å². The van der Waals surface area contributed by atoms with Gasteiger partial charge in [-0.05, 0) is 36.8 Å². The van der Waals surface area contributed by atoms with E-state index in [1.165, 1.54) is 4.90 Å². The van der Waals surface area contributed by atoms with E-state index < -0.39 is 15.5 Å². The SMILES string of the molecule is Cc1c(CCC(=O)N(C)[C@@H]2CCS(=O)(=O)C2)c(=O)oc2cc3occ(C(C)(C)C)c3cc12. The van der Waals surface area contributed by atoms with E-state index in [0.717, 1.165) is 21.9 Å². The van der Waals surface area contributed by atoms with Crippen LogP contribution in [-0.4, -0.2) is 43.8 Å². The zero-order chi connectivity index (χ0) is 23.4. The molecule has 1 fully saturated rings. The fourth-order valence-corrected chi connectivity index (χ4v) is 6.25. The number of carbonyl (C=O) groups excluding carboxylic acids is 1. The highest BCUT2D eigenvalue weighted by atomic mass is 32.2. The normalized spacial score (nSPS) is 18.5. The minimum absolute atomic E-state index is 0.00317. The Labute approximate surface area is 187 Å². The molecular formula is C24H29NO6S. The number of benzene rings is 1. The van der Waals surface area contributed by atoms with Crippen LogP contribution in [-0.2, 0) is 26.5 Å². The molecule has 1 amide bonds. The molecule has 3 heterocycles. The number of sulfone groups is 1. The molecule has 1 aliphatic rings. The monoisotopic (exact) mass is 459 g/mol. The summed E-state index contributed by atoms with van der Waals surface area (Å²) in [6.45, 7) is 8.21. The van der Waals surface area contributed by atoms with E-state index in [2.05, 4.69) is 20.8 Å². The number of carbonyl (C=O) groups is 1. The second-order valence-electron chi connectivity index (χ2n) is 9.80. The predicted octanol–water partition coefficient (Wildman–Crippen LogP) is 3.72. The standard InChI is InChI=1S/C24H29NO6S/c1-14-16(6-7-22(26)25(5)15-8-9-32(28,29)13-15)23(27)31-21-11-20-18(10-17(14)21)19(12-30-20)24(2,3)4/h10-12,15H,6-9,13H2,1-5H3/t15-/m1/s1. The first-order chi connectivity index (χ1) is 14.9. The number of fused-ring (bicyclic) bond motifs is 2. The summed E-state index contributed by atoms with van der Waals surface area (Å²) in [5, 5.41) is 1.80. The second kappa shape index (κ2) is 7.76. The zero-order valence-electron chi connectivity index (χ0n) is 19.1. The first-order valence-electron chi connectivity index (χ1n) is 10.8. The van der Waals surface area contributed by atoms with Gasteiger partial charge in [-0.25, -0.2) is 13.2 Å². The quantitative estimate of drug-likeness (QED) is 0.552. The minimum atomic E-state index is -3.07. The van der Waals surface area contributed by atoms with Gasteiger partial charge in [0, 0.05) is 47.5 Å². The van der Waals surface area contributed by atoms with Crippen LogP contribution in [0.1, 0.15) is 50.3 Å². The van der Waals surface area contributed by atoms with E-state index in [-0.39, 0.29) is 41.7 Å². The maximum Gasteiger partial charge on any atom is 0.339 e. The van der Waals surface area contributed by atoms with Gasteiger partial charge in [0.2, 0.25) is 5.91 Å². The van der Waals surface area contributed by atoms with Crippen molar-refractivity contribution in [1.29, 1.82) is 0 Å². The van der Waals surface area contributed by atoms with Crippen molar-refractivity contribution < 1.29 is 22.0 Å². The van der Waals surface area contributed by atoms with Gasteiger partial charge in [-0.1, -0.05) is 20.8 Å². The Hall–Kier alpha value is -2.61. The number of hydrogen-bond acceptors (Lipinski definition) is 6. The van der Waals surface area contributed by atoms with Crippen molar-refractivity contribution in [3.05, 3.63) is 45.5 Å². The number of amides is 1. The molecule has 2 aromatic heterocycles. The van der Waals surface area contributed by atoms with E-state index in [1.807, 2.05) is 13.0 Å². The molecule has 0 N–H and O–H groups in total. The molecule has 7 nitrogen and oxygen atoms in total. The fraction of sp³-hybridized carbons (Fsp3) is 0.500. The Balaban J connectivity index is 1.63. The van der Waals surface area contributed by atoms with Gasteiger partial charge in [0.05, 0.1) is 17.8 Å². The number of nitrogens with zero attached hydrogens (tertiary/aromatic N) is 1. The Kier molecular flexibility index (Phi) is 5.48. The van der Waals surface area contributed by atoms with Gasteiger partial charge in [-0.2, -0.15) is 0 Å². The largest absolute Gasteiger partial charge is 0.464 e. The number of furan rings is 1. The van der Waals surface area contributed by atoms with Crippen LogP contribution in [0.25, 0.3) is 21.9 Å². The van der Waals surface area contributed by atoms with Crippen LogP contribution in [0.3, 0.4) is 0 Å². The van der Waals surface area contributed by atoms with Crippen molar-refractivity contribution in [3.8, 4) is 0 Å². The molecule has 0 spiro atoms. The van der Waals surface area contributed by atoms with E-state index in [9.17, 15) is 18.0 Å². The fourth-order valence-electron chi connectivity index (χ4n) is 4.47. The highest BCUT2D eigenvalue weighted by Gasteiger charge is 2.32. The van der Waals surface area contributed by atoms with Crippen LogP contribution in [0, 0.1) is 6.92 Å². The maximum absolute atomic E-state index is 12.7. The van der Waals surface area contributed by atoms with Crippen LogP contribution in [0.15, 0.2) is 32.0 Å². The molecule has 0 unspecified atom stereocenters. The predicted molar refractivity (Wildman–Crippen MR) is 124 cm³/mol. The van der Waals surface area contributed by atoms with Crippen LogP contribution < -0.4 is 5.63 Å². The van der Waals surface area contributed by atoms with Gasteiger partial charge >= 0.3 is 5.63 Å². The van der Waals surface area contributed by atoms with Gasteiger partial charge in [0.15, 0.2) is 9.84 Å². The van der Waals surface area contributed by atoms with Gasteiger partial charge in [-0.3, -0.25) is 4.79 Å². The molecule has 1 saturated heterocycles. The first-order valence-corrected chi connectivity index (χ1v) is 12.6. The molecule has 0 radical (unpaired) electrons. The van der Waals surface area contributed by atoms with E-state index in [0.29, 0.717) is 23.2 Å². The highest BCUT2D eigenvalue weighted by molar-refractivity contribution is 7.91.